The SMILES string of the molecule is Cc1cc(=O)oc2cc(NC(=O)CCCCN)ccc12.O=C(O)C(F)(F)F. The van der Waals surface area contributed by atoms with Gasteiger partial charge in [-0.05, 0) is 44.0 Å². The smallest absolute Gasteiger partial charge is 0.475 e. The van der Waals surface area contributed by atoms with E-state index in [0.717, 1.165) is 23.8 Å². The molecule has 148 valence electrons. The third-order valence-electron chi connectivity index (χ3n) is 3.34. The first-order valence-corrected chi connectivity index (χ1v) is 7.89. The summed E-state index contributed by atoms with van der Waals surface area (Å²) in [6.07, 6.45) is -3.05. The van der Waals surface area contributed by atoms with E-state index in [1.54, 1.807) is 12.1 Å². The normalized spacial score (nSPS) is 10.9. The predicted molar refractivity (Wildman–Crippen MR) is 92.4 cm³/mol. The summed E-state index contributed by atoms with van der Waals surface area (Å²) in [4.78, 5) is 32.0. The van der Waals surface area contributed by atoms with E-state index in [-0.39, 0.29) is 11.5 Å². The lowest BCUT2D eigenvalue weighted by Crippen LogP contribution is -2.21. The van der Waals surface area contributed by atoms with Crippen molar-refractivity contribution in [3.8, 4) is 0 Å². The first-order chi connectivity index (χ1) is 12.5. The maximum Gasteiger partial charge on any atom is 0.490 e. The van der Waals surface area contributed by atoms with E-state index in [4.69, 9.17) is 20.1 Å². The summed E-state index contributed by atoms with van der Waals surface area (Å²) in [5, 5.41) is 10.8. The van der Waals surface area contributed by atoms with Gasteiger partial charge in [0, 0.05) is 29.6 Å². The zero-order chi connectivity index (χ0) is 20.6. The number of unbranched alkanes of at least 4 members (excludes halogenated alkanes) is 1. The second kappa shape index (κ2) is 9.72. The summed E-state index contributed by atoms with van der Waals surface area (Å²) in [5.41, 5.74) is 6.96. The topological polar surface area (TPSA) is 123 Å². The maximum absolute atomic E-state index is 11.7. The summed E-state index contributed by atoms with van der Waals surface area (Å²) >= 11 is 0. The molecule has 7 nitrogen and oxygen atoms in total. The van der Waals surface area contributed by atoms with E-state index in [2.05, 4.69) is 5.32 Å². The lowest BCUT2D eigenvalue weighted by molar-refractivity contribution is -0.192. The molecule has 1 aromatic carbocycles. The summed E-state index contributed by atoms with van der Waals surface area (Å²) in [5.74, 6) is -2.82. The van der Waals surface area contributed by atoms with Crippen molar-refractivity contribution < 1.29 is 32.3 Å². The van der Waals surface area contributed by atoms with Gasteiger partial charge in [0.15, 0.2) is 0 Å². The molecule has 27 heavy (non-hydrogen) atoms. The number of hydrogen-bond acceptors (Lipinski definition) is 5. The summed E-state index contributed by atoms with van der Waals surface area (Å²) in [6, 6.07) is 6.76. The van der Waals surface area contributed by atoms with E-state index in [1.165, 1.54) is 6.07 Å². The molecule has 0 fully saturated rings. The molecule has 0 aliphatic heterocycles. The van der Waals surface area contributed by atoms with Crippen molar-refractivity contribution in [2.24, 2.45) is 5.73 Å². The van der Waals surface area contributed by atoms with Gasteiger partial charge in [-0.3, -0.25) is 4.79 Å². The Kier molecular flexibility index (Phi) is 7.98. The minimum absolute atomic E-state index is 0.0622. The van der Waals surface area contributed by atoms with Crippen molar-refractivity contribution >= 4 is 28.5 Å². The molecule has 4 N–H and O–H groups in total. The summed E-state index contributed by atoms with van der Waals surface area (Å²) in [7, 11) is 0. The van der Waals surface area contributed by atoms with Gasteiger partial charge in [0.05, 0.1) is 0 Å². The highest BCUT2D eigenvalue weighted by Gasteiger charge is 2.38. The van der Waals surface area contributed by atoms with Crippen molar-refractivity contribution in [3.63, 3.8) is 0 Å². The number of aliphatic carboxylic acids is 1. The van der Waals surface area contributed by atoms with Crippen LogP contribution in [-0.2, 0) is 9.59 Å². The molecule has 0 unspecified atom stereocenters. The maximum atomic E-state index is 11.7. The quantitative estimate of drug-likeness (QED) is 0.535. The highest BCUT2D eigenvalue weighted by molar-refractivity contribution is 5.93. The lowest BCUT2D eigenvalue weighted by Gasteiger charge is -2.06. The number of fused-ring (bicyclic) bond motifs is 1. The van der Waals surface area contributed by atoms with Crippen LogP contribution in [-0.4, -0.2) is 29.7 Å². The zero-order valence-corrected chi connectivity index (χ0v) is 14.4. The number of carbonyl (C=O) groups excluding carboxylic acids is 1. The second-order valence-electron chi connectivity index (χ2n) is 5.56. The fraction of sp³-hybridized carbons (Fsp3) is 0.353. The Morgan fingerprint density at radius 1 is 1.22 bits per heavy atom. The minimum Gasteiger partial charge on any atom is -0.475 e. The molecule has 10 heteroatoms. The van der Waals surface area contributed by atoms with Crippen molar-refractivity contribution in [2.75, 3.05) is 11.9 Å². The van der Waals surface area contributed by atoms with Gasteiger partial charge < -0.3 is 20.6 Å². The molecule has 0 saturated heterocycles. The predicted octanol–water partition coefficient (Wildman–Crippen LogP) is 2.80. The van der Waals surface area contributed by atoms with E-state index in [0.29, 0.717) is 24.2 Å². The molecule has 1 heterocycles. The van der Waals surface area contributed by atoms with E-state index < -0.39 is 12.1 Å². The van der Waals surface area contributed by atoms with Gasteiger partial charge in [0.1, 0.15) is 5.58 Å². The Morgan fingerprint density at radius 3 is 2.41 bits per heavy atom. The summed E-state index contributed by atoms with van der Waals surface area (Å²) in [6.45, 7) is 2.44. The number of anilines is 1. The van der Waals surface area contributed by atoms with Crippen LogP contribution in [0.5, 0.6) is 0 Å². The van der Waals surface area contributed by atoms with E-state index >= 15 is 0 Å². The standard InChI is InChI=1S/C15H18N2O3.C2HF3O2/c1-10-8-15(19)20-13-9-11(5-6-12(10)13)17-14(18)4-2-3-7-16;3-2(4,5)1(6)7/h5-6,8-9H,2-4,7,16H2,1H3,(H,17,18);(H,6,7). The van der Waals surface area contributed by atoms with Crippen LogP contribution in [0.25, 0.3) is 11.0 Å². The van der Waals surface area contributed by atoms with Crippen LogP contribution in [0.4, 0.5) is 18.9 Å². The van der Waals surface area contributed by atoms with Gasteiger partial charge in [-0.2, -0.15) is 13.2 Å². The monoisotopic (exact) mass is 388 g/mol. The Morgan fingerprint density at radius 2 is 1.85 bits per heavy atom. The molecular formula is C17H19F3N2O5. The number of nitrogens with one attached hydrogen (secondary N) is 1. The van der Waals surface area contributed by atoms with Crippen LogP contribution in [0.1, 0.15) is 24.8 Å². The van der Waals surface area contributed by atoms with Gasteiger partial charge in [-0.1, -0.05) is 0 Å². The number of hydrogen-bond donors (Lipinski definition) is 3. The van der Waals surface area contributed by atoms with Gasteiger partial charge >= 0.3 is 17.8 Å². The molecule has 2 rings (SSSR count). The van der Waals surface area contributed by atoms with Gasteiger partial charge in [-0.25, -0.2) is 9.59 Å². The second-order valence-corrected chi connectivity index (χ2v) is 5.56. The number of nitrogens with two attached hydrogens (primary N) is 1. The van der Waals surface area contributed by atoms with Crippen molar-refractivity contribution in [3.05, 3.63) is 40.2 Å². The molecule has 0 aliphatic rings. The zero-order valence-electron chi connectivity index (χ0n) is 14.4. The molecule has 2 aromatic rings. The van der Waals surface area contributed by atoms with Crippen molar-refractivity contribution in [1.29, 1.82) is 0 Å². The van der Waals surface area contributed by atoms with Crippen molar-refractivity contribution in [1.82, 2.24) is 0 Å². The molecule has 0 bridgehead atoms. The fourth-order valence-electron chi connectivity index (χ4n) is 2.06. The highest BCUT2D eigenvalue weighted by Crippen LogP contribution is 2.20. The highest BCUT2D eigenvalue weighted by atomic mass is 19.4. The van der Waals surface area contributed by atoms with Crippen molar-refractivity contribution in [2.45, 2.75) is 32.4 Å². The van der Waals surface area contributed by atoms with Gasteiger partial charge in [-0.15, -0.1) is 0 Å². The number of amides is 1. The molecule has 1 aromatic heterocycles. The number of carbonyl (C=O) groups is 2. The third kappa shape index (κ3) is 7.48. The van der Waals surface area contributed by atoms with Gasteiger partial charge in [0.2, 0.25) is 5.91 Å². The number of halogens is 3. The van der Waals surface area contributed by atoms with Crippen LogP contribution in [0.3, 0.4) is 0 Å². The first-order valence-electron chi connectivity index (χ1n) is 7.89. The Bertz CT molecular complexity index is 862. The molecular weight excluding hydrogens is 369 g/mol. The van der Waals surface area contributed by atoms with Crippen LogP contribution in [0, 0.1) is 6.92 Å². The number of carboxylic acids is 1. The van der Waals surface area contributed by atoms with E-state index in [1.807, 2.05) is 13.0 Å². The van der Waals surface area contributed by atoms with Crippen LogP contribution in [0.2, 0.25) is 0 Å². The van der Waals surface area contributed by atoms with E-state index in [9.17, 15) is 22.8 Å². The molecule has 0 saturated carbocycles. The van der Waals surface area contributed by atoms with Crippen LogP contribution in [0.15, 0.2) is 33.5 Å². The first kappa shape index (κ1) is 22.2. The average molecular weight is 388 g/mol. The van der Waals surface area contributed by atoms with Gasteiger partial charge in [0.25, 0.3) is 0 Å². The molecule has 0 atom stereocenters. The molecule has 0 spiro atoms. The largest absolute Gasteiger partial charge is 0.490 e. The number of rotatable bonds is 5. The third-order valence-corrected chi connectivity index (χ3v) is 3.34. The minimum atomic E-state index is -5.08. The molecule has 0 radical (unpaired) electrons. The lowest BCUT2D eigenvalue weighted by atomic mass is 10.1. The number of carboxylic acid groups (broad SMARTS) is 1. The molecule has 1 amide bonds. The Hall–Kier alpha value is -2.88. The number of aryl methyl sites for hydroxylation is 1. The molecule has 0 aliphatic carbocycles. The summed E-state index contributed by atoms with van der Waals surface area (Å²) < 4.78 is 36.9. The van der Waals surface area contributed by atoms with Crippen LogP contribution >= 0.6 is 0 Å². The Labute approximate surface area is 152 Å². The average Bonchev–Trinajstić information content (AvgIpc) is 2.54. The fourth-order valence-corrected chi connectivity index (χ4v) is 2.06. The number of alkyl halides is 3. The number of benzene rings is 1. The van der Waals surface area contributed by atoms with Crippen LogP contribution < -0.4 is 16.7 Å². The Balaban J connectivity index is 0.000000445.